The van der Waals surface area contributed by atoms with Crippen LogP contribution in [0.1, 0.15) is 120 Å². The van der Waals surface area contributed by atoms with Crippen molar-refractivity contribution in [1.82, 2.24) is 0 Å². The van der Waals surface area contributed by atoms with E-state index in [1.165, 1.54) is 57.4 Å². The maximum absolute atomic E-state index is 13.8. The predicted octanol–water partition coefficient (Wildman–Crippen LogP) is 10.0. The molecule has 3 fully saturated rings. The fourth-order valence-corrected chi connectivity index (χ4v) is 6.81. The summed E-state index contributed by atoms with van der Waals surface area (Å²) in [6.45, 7) is 1.96. The molecule has 0 aromatic heterocycles. The average molecular weight is 502 g/mol. The monoisotopic (exact) mass is 501 g/mol. The maximum Gasteiger partial charge on any atom is 0.141 e. The van der Waals surface area contributed by atoms with Crippen molar-refractivity contribution in [1.29, 1.82) is 5.26 Å². The quantitative estimate of drug-likeness (QED) is 0.341. The van der Waals surface area contributed by atoms with Crippen molar-refractivity contribution in [3.63, 3.8) is 0 Å². The summed E-state index contributed by atoms with van der Waals surface area (Å²) < 4.78 is 39.1. The Morgan fingerprint density at radius 3 is 1.97 bits per heavy atom. The van der Waals surface area contributed by atoms with Crippen molar-refractivity contribution in [2.24, 2.45) is 23.7 Å². The molecule has 200 valence electrons. The topological polar surface area (TPSA) is 23.8 Å². The van der Waals surface area contributed by atoms with E-state index in [0.29, 0.717) is 17.8 Å². The molecule has 1 nitrogen and oxygen atoms in total. The standard InChI is InChI=1S/C19H23F2N.C13H23F/c20-18-9-7-14(8-10-18)13-1-3-15(4-2-13)16-5-6-17(12-22)19(21)11-16;1-2-3-4-5-12-6-8-13(9-7-12)10-11-14/h5-6,11,13-15,18H,1-4,7-10H2;2-3,12-13H,4-11H2,1H3/b;3-2+. The maximum atomic E-state index is 13.8. The molecule has 1 aromatic rings. The second-order valence-electron chi connectivity index (χ2n) is 11.5. The Labute approximate surface area is 217 Å². The van der Waals surface area contributed by atoms with Crippen molar-refractivity contribution < 1.29 is 13.2 Å². The smallest absolute Gasteiger partial charge is 0.141 e. The van der Waals surface area contributed by atoms with Gasteiger partial charge >= 0.3 is 0 Å². The molecule has 1 aromatic carbocycles. The van der Waals surface area contributed by atoms with Gasteiger partial charge in [-0.1, -0.05) is 43.9 Å². The number of hydrogen-bond acceptors (Lipinski definition) is 1. The summed E-state index contributed by atoms with van der Waals surface area (Å²) in [5, 5.41) is 8.80. The first-order valence-corrected chi connectivity index (χ1v) is 14.5. The van der Waals surface area contributed by atoms with E-state index in [0.717, 1.165) is 62.3 Å². The molecule has 3 saturated carbocycles. The lowest BCUT2D eigenvalue weighted by Crippen LogP contribution is -2.25. The van der Waals surface area contributed by atoms with Gasteiger partial charge in [0.2, 0.25) is 0 Å². The average Bonchev–Trinajstić information content (AvgIpc) is 2.91. The lowest BCUT2D eigenvalue weighted by Gasteiger charge is -2.36. The van der Waals surface area contributed by atoms with E-state index in [2.05, 4.69) is 19.1 Å². The second-order valence-corrected chi connectivity index (χ2v) is 11.5. The van der Waals surface area contributed by atoms with Gasteiger partial charge in [0.25, 0.3) is 0 Å². The molecule has 3 aliphatic carbocycles. The molecule has 0 atom stereocenters. The molecule has 0 N–H and O–H groups in total. The Balaban J connectivity index is 0.000000223. The number of allylic oxidation sites excluding steroid dienone is 2. The summed E-state index contributed by atoms with van der Waals surface area (Å²) in [4.78, 5) is 0. The van der Waals surface area contributed by atoms with Crippen LogP contribution in [0, 0.1) is 40.8 Å². The SMILES string of the molecule is C/C=C/CCC1CCC(CCF)CC1.N#Cc1ccc(C2CCC(C3CCC(F)CC3)CC2)cc1F. The highest BCUT2D eigenvalue weighted by atomic mass is 19.1. The van der Waals surface area contributed by atoms with E-state index in [-0.39, 0.29) is 12.2 Å². The lowest BCUT2D eigenvalue weighted by molar-refractivity contribution is 0.138. The van der Waals surface area contributed by atoms with Gasteiger partial charge in [-0.15, -0.1) is 0 Å². The highest BCUT2D eigenvalue weighted by Crippen LogP contribution is 2.43. The van der Waals surface area contributed by atoms with Gasteiger partial charge in [0, 0.05) is 0 Å². The summed E-state index contributed by atoms with van der Waals surface area (Å²) in [6.07, 6.45) is 20.5. The van der Waals surface area contributed by atoms with Crippen LogP contribution in [0.4, 0.5) is 13.2 Å². The van der Waals surface area contributed by atoms with Crippen LogP contribution in [0.3, 0.4) is 0 Å². The third-order valence-electron chi connectivity index (χ3n) is 9.19. The summed E-state index contributed by atoms with van der Waals surface area (Å²) in [6, 6.07) is 6.91. The molecule has 4 rings (SSSR count). The Morgan fingerprint density at radius 2 is 1.44 bits per heavy atom. The molecule has 0 unspecified atom stereocenters. The van der Waals surface area contributed by atoms with Crippen LogP contribution in [0.2, 0.25) is 0 Å². The largest absolute Gasteiger partial charge is 0.251 e. The van der Waals surface area contributed by atoms with Crippen molar-refractivity contribution in [3.8, 4) is 6.07 Å². The number of rotatable bonds is 7. The van der Waals surface area contributed by atoms with Gasteiger partial charge in [0.15, 0.2) is 0 Å². The molecule has 36 heavy (non-hydrogen) atoms. The van der Waals surface area contributed by atoms with Crippen LogP contribution in [0.5, 0.6) is 0 Å². The third-order valence-corrected chi connectivity index (χ3v) is 9.19. The molecule has 0 heterocycles. The van der Waals surface area contributed by atoms with Crippen LogP contribution >= 0.6 is 0 Å². The Kier molecular flexibility index (Phi) is 12.4. The highest BCUT2D eigenvalue weighted by Gasteiger charge is 2.31. The molecule has 0 aliphatic heterocycles. The van der Waals surface area contributed by atoms with Gasteiger partial charge in [-0.2, -0.15) is 5.26 Å². The minimum absolute atomic E-state index is 0.117. The molecule has 3 aliphatic rings. The number of benzene rings is 1. The summed E-state index contributed by atoms with van der Waals surface area (Å²) >= 11 is 0. The van der Waals surface area contributed by atoms with Gasteiger partial charge in [-0.05, 0) is 125 Å². The molecule has 0 saturated heterocycles. The lowest BCUT2D eigenvalue weighted by atomic mass is 9.69. The molecular weight excluding hydrogens is 455 g/mol. The van der Waals surface area contributed by atoms with Gasteiger partial charge < -0.3 is 0 Å². The Bertz CT molecular complexity index is 820. The number of nitrogens with zero attached hydrogens (tertiary/aromatic N) is 1. The van der Waals surface area contributed by atoms with Crippen molar-refractivity contribution in [2.45, 2.75) is 115 Å². The van der Waals surface area contributed by atoms with Gasteiger partial charge in [0.1, 0.15) is 18.1 Å². The number of nitriles is 1. The first-order chi connectivity index (χ1) is 17.5. The highest BCUT2D eigenvalue weighted by molar-refractivity contribution is 5.34. The van der Waals surface area contributed by atoms with Crippen LogP contribution in [0.15, 0.2) is 30.4 Å². The van der Waals surface area contributed by atoms with E-state index < -0.39 is 12.0 Å². The number of alkyl halides is 2. The van der Waals surface area contributed by atoms with Crippen molar-refractivity contribution >= 4 is 0 Å². The van der Waals surface area contributed by atoms with E-state index in [1.54, 1.807) is 6.07 Å². The zero-order chi connectivity index (χ0) is 25.8. The Morgan fingerprint density at radius 1 is 0.861 bits per heavy atom. The first-order valence-electron chi connectivity index (χ1n) is 14.5. The van der Waals surface area contributed by atoms with Crippen LogP contribution in [-0.4, -0.2) is 12.8 Å². The fraction of sp³-hybridized carbons (Fsp3) is 0.719. The summed E-state index contributed by atoms with van der Waals surface area (Å²) in [5.74, 6) is 3.05. The van der Waals surface area contributed by atoms with Crippen LogP contribution in [0.25, 0.3) is 0 Å². The van der Waals surface area contributed by atoms with Crippen LogP contribution in [-0.2, 0) is 0 Å². The minimum Gasteiger partial charge on any atom is -0.251 e. The van der Waals surface area contributed by atoms with Crippen molar-refractivity contribution in [2.75, 3.05) is 6.67 Å². The molecule has 4 heteroatoms. The zero-order valence-corrected chi connectivity index (χ0v) is 22.2. The van der Waals surface area contributed by atoms with E-state index in [4.69, 9.17) is 5.26 Å². The Hall–Kier alpha value is -1.76. The molecular formula is C32H46F3N. The minimum atomic E-state index is -0.575. The van der Waals surface area contributed by atoms with Gasteiger partial charge in [-0.25, -0.2) is 8.78 Å². The summed E-state index contributed by atoms with van der Waals surface area (Å²) in [5.41, 5.74) is 1.16. The van der Waals surface area contributed by atoms with E-state index in [1.807, 2.05) is 12.1 Å². The summed E-state index contributed by atoms with van der Waals surface area (Å²) in [7, 11) is 0. The second kappa shape index (κ2) is 15.5. The van der Waals surface area contributed by atoms with E-state index in [9.17, 15) is 13.2 Å². The third kappa shape index (κ3) is 8.97. The normalized spacial score (nSPS) is 30.9. The molecule has 0 radical (unpaired) electrons. The fourth-order valence-electron chi connectivity index (χ4n) is 6.81. The van der Waals surface area contributed by atoms with E-state index >= 15 is 0 Å². The predicted molar refractivity (Wildman–Crippen MR) is 143 cm³/mol. The molecule has 0 spiro atoms. The molecule has 0 bridgehead atoms. The van der Waals surface area contributed by atoms with Gasteiger partial charge in [-0.3, -0.25) is 4.39 Å². The molecule has 0 amide bonds. The number of halogens is 3. The van der Waals surface area contributed by atoms with Gasteiger partial charge in [0.05, 0.1) is 12.2 Å². The first kappa shape index (κ1) is 28.8. The zero-order valence-electron chi connectivity index (χ0n) is 22.2. The number of hydrogen-bond donors (Lipinski definition) is 0. The van der Waals surface area contributed by atoms with Crippen molar-refractivity contribution in [3.05, 3.63) is 47.3 Å². The van der Waals surface area contributed by atoms with Crippen LogP contribution < -0.4 is 0 Å².